The number of benzene rings is 1. The Balaban J connectivity index is 3.16. The summed E-state index contributed by atoms with van der Waals surface area (Å²) in [7, 11) is 1.15. The fourth-order valence-electron chi connectivity index (χ4n) is 1.09. The van der Waals surface area contributed by atoms with Crippen LogP contribution in [-0.2, 0) is 9.53 Å². The van der Waals surface area contributed by atoms with E-state index in [2.05, 4.69) is 4.74 Å². The quantitative estimate of drug-likeness (QED) is 0.405. The molecule has 0 aliphatic carbocycles. The lowest BCUT2D eigenvalue weighted by molar-refractivity contribution is -0.142. The Bertz CT molecular complexity index is 390. The number of nitrogens with two attached hydrogens (primary N) is 1. The molecule has 0 aromatic heterocycles. The molecule has 0 aliphatic heterocycles. The summed E-state index contributed by atoms with van der Waals surface area (Å²) in [6.07, 6.45) is 0. The largest absolute Gasteiger partial charge is 0.504 e. The lowest BCUT2D eigenvalue weighted by Gasteiger charge is -2.12. The fourth-order valence-corrected chi connectivity index (χ4v) is 1.09. The van der Waals surface area contributed by atoms with E-state index in [4.69, 9.17) is 10.8 Å². The SMILES string of the molecule is COC(=O)[C@H](N)c1ccc(O)c(O)c1O. The maximum Gasteiger partial charge on any atom is 0.327 e. The van der Waals surface area contributed by atoms with Crippen LogP contribution in [0.3, 0.4) is 0 Å². The Morgan fingerprint density at radius 3 is 2.47 bits per heavy atom. The molecule has 0 saturated carbocycles. The minimum atomic E-state index is -1.21. The summed E-state index contributed by atoms with van der Waals surface area (Å²) in [6.45, 7) is 0. The average Bonchev–Trinajstić information content (AvgIpc) is 2.24. The fraction of sp³-hybridized carbons (Fsp3) is 0.222. The molecule has 6 nitrogen and oxygen atoms in total. The monoisotopic (exact) mass is 213 g/mol. The minimum absolute atomic E-state index is 0.0165. The van der Waals surface area contributed by atoms with Crippen molar-refractivity contribution in [3.05, 3.63) is 17.7 Å². The van der Waals surface area contributed by atoms with Crippen LogP contribution in [0.25, 0.3) is 0 Å². The highest BCUT2D eigenvalue weighted by Crippen LogP contribution is 2.39. The zero-order valence-electron chi connectivity index (χ0n) is 7.97. The topological polar surface area (TPSA) is 113 Å². The van der Waals surface area contributed by atoms with Gasteiger partial charge in [-0.15, -0.1) is 0 Å². The number of esters is 1. The molecule has 1 aromatic carbocycles. The van der Waals surface area contributed by atoms with Crippen molar-refractivity contribution in [1.82, 2.24) is 0 Å². The van der Waals surface area contributed by atoms with Gasteiger partial charge >= 0.3 is 5.97 Å². The molecule has 15 heavy (non-hydrogen) atoms. The Labute approximate surface area is 85.5 Å². The zero-order valence-corrected chi connectivity index (χ0v) is 7.97. The summed E-state index contributed by atoms with van der Waals surface area (Å²) in [6, 6.07) is 1.14. The second kappa shape index (κ2) is 4.05. The molecule has 6 heteroatoms. The Morgan fingerprint density at radius 1 is 1.33 bits per heavy atom. The predicted octanol–water partition coefficient (Wildman–Crippen LogP) is -0.0238. The number of hydrogen-bond acceptors (Lipinski definition) is 6. The van der Waals surface area contributed by atoms with Crippen molar-refractivity contribution in [2.24, 2.45) is 5.73 Å². The van der Waals surface area contributed by atoms with E-state index in [0.717, 1.165) is 13.2 Å². The van der Waals surface area contributed by atoms with E-state index in [1.54, 1.807) is 0 Å². The van der Waals surface area contributed by atoms with Crippen LogP contribution >= 0.6 is 0 Å². The maximum atomic E-state index is 11.1. The molecule has 5 N–H and O–H groups in total. The molecule has 82 valence electrons. The number of hydrogen-bond donors (Lipinski definition) is 4. The number of aromatic hydroxyl groups is 3. The van der Waals surface area contributed by atoms with Crippen LogP contribution in [0.2, 0.25) is 0 Å². The molecule has 0 radical (unpaired) electrons. The molecule has 0 fully saturated rings. The van der Waals surface area contributed by atoms with Crippen molar-refractivity contribution in [1.29, 1.82) is 0 Å². The standard InChI is InChI=1S/C9H11NO5/c1-15-9(14)6(10)4-2-3-5(11)8(13)7(4)12/h2-3,6,11-13H,10H2,1H3/t6-/m1/s1. The molecule has 0 aliphatic rings. The first-order valence-electron chi connectivity index (χ1n) is 4.06. The van der Waals surface area contributed by atoms with Gasteiger partial charge in [-0.05, 0) is 12.1 Å². The first-order chi connectivity index (χ1) is 6.99. The molecule has 0 unspecified atom stereocenters. The van der Waals surface area contributed by atoms with Gasteiger partial charge < -0.3 is 25.8 Å². The van der Waals surface area contributed by atoms with Crippen molar-refractivity contribution in [3.8, 4) is 17.2 Å². The van der Waals surface area contributed by atoms with Gasteiger partial charge in [-0.1, -0.05) is 0 Å². The van der Waals surface area contributed by atoms with Gasteiger partial charge in [0, 0.05) is 5.56 Å². The number of methoxy groups -OCH3 is 1. The second-order valence-electron chi connectivity index (χ2n) is 2.87. The van der Waals surface area contributed by atoms with E-state index in [1.807, 2.05) is 0 Å². The predicted molar refractivity (Wildman–Crippen MR) is 50.4 cm³/mol. The first kappa shape index (κ1) is 11.1. The van der Waals surface area contributed by atoms with Crippen LogP contribution in [0, 0.1) is 0 Å². The lowest BCUT2D eigenvalue weighted by atomic mass is 10.1. The van der Waals surface area contributed by atoms with Gasteiger partial charge in [-0.3, -0.25) is 4.79 Å². The lowest BCUT2D eigenvalue weighted by Crippen LogP contribution is -2.22. The van der Waals surface area contributed by atoms with Crippen LogP contribution in [0.5, 0.6) is 17.2 Å². The maximum absolute atomic E-state index is 11.1. The third kappa shape index (κ3) is 1.94. The zero-order chi connectivity index (χ0) is 11.6. The highest BCUT2D eigenvalue weighted by atomic mass is 16.5. The van der Waals surface area contributed by atoms with Crippen molar-refractivity contribution in [2.75, 3.05) is 7.11 Å². The molecular formula is C9H11NO5. The highest BCUT2D eigenvalue weighted by Gasteiger charge is 2.22. The summed E-state index contributed by atoms with van der Waals surface area (Å²) in [5.74, 6) is -2.59. The van der Waals surface area contributed by atoms with Gasteiger partial charge in [0.25, 0.3) is 0 Å². The van der Waals surface area contributed by atoms with Crippen LogP contribution in [0.1, 0.15) is 11.6 Å². The van der Waals surface area contributed by atoms with Gasteiger partial charge in [0.05, 0.1) is 7.11 Å². The first-order valence-corrected chi connectivity index (χ1v) is 4.06. The molecule has 0 saturated heterocycles. The number of phenolic OH excluding ortho intramolecular Hbond substituents is 3. The Hall–Kier alpha value is -1.95. The third-order valence-electron chi connectivity index (χ3n) is 1.95. The second-order valence-corrected chi connectivity index (χ2v) is 2.87. The van der Waals surface area contributed by atoms with E-state index in [0.29, 0.717) is 0 Å². The number of ether oxygens (including phenoxy) is 1. The number of phenols is 3. The summed E-state index contributed by atoms with van der Waals surface area (Å²) >= 11 is 0. The van der Waals surface area contributed by atoms with Gasteiger partial charge in [0.1, 0.15) is 6.04 Å². The van der Waals surface area contributed by atoms with Gasteiger partial charge in [-0.2, -0.15) is 0 Å². The summed E-state index contributed by atoms with van der Waals surface area (Å²) < 4.78 is 4.37. The Kier molecular flexibility index (Phi) is 3.01. The molecule has 0 bridgehead atoms. The summed E-state index contributed by atoms with van der Waals surface area (Å²) in [4.78, 5) is 11.1. The van der Waals surface area contributed by atoms with E-state index in [9.17, 15) is 15.0 Å². The van der Waals surface area contributed by atoms with Crippen LogP contribution < -0.4 is 5.73 Å². The van der Waals surface area contributed by atoms with Gasteiger partial charge in [-0.25, -0.2) is 0 Å². The normalized spacial score (nSPS) is 12.1. The molecule has 1 aromatic rings. The molecule has 1 rings (SSSR count). The van der Waals surface area contributed by atoms with Crippen molar-refractivity contribution >= 4 is 5.97 Å². The van der Waals surface area contributed by atoms with Crippen molar-refractivity contribution in [2.45, 2.75) is 6.04 Å². The van der Waals surface area contributed by atoms with E-state index in [-0.39, 0.29) is 5.56 Å². The number of carbonyl (C=O) groups is 1. The Morgan fingerprint density at radius 2 is 1.93 bits per heavy atom. The van der Waals surface area contributed by atoms with E-state index < -0.39 is 29.3 Å². The van der Waals surface area contributed by atoms with Crippen LogP contribution in [0.15, 0.2) is 12.1 Å². The van der Waals surface area contributed by atoms with Crippen molar-refractivity contribution in [3.63, 3.8) is 0 Å². The molecule has 0 amide bonds. The van der Waals surface area contributed by atoms with E-state index >= 15 is 0 Å². The minimum Gasteiger partial charge on any atom is -0.504 e. The highest BCUT2D eigenvalue weighted by molar-refractivity contribution is 5.79. The average molecular weight is 213 g/mol. The molecule has 0 heterocycles. The number of carbonyl (C=O) groups excluding carboxylic acids is 1. The molecular weight excluding hydrogens is 202 g/mol. The smallest absolute Gasteiger partial charge is 0.327 e. The summed E-state index contributed by atoms with van der Waals surface area (Å²) in [5, 5.41) is 27.6. The number of rotatable bonds is 2. The van der Waals surface area contributed by atoms with E-state index in [1.165, 1.54) is 6.07 Å². The van der Waals surface area contributed by atoms with Gasteiger partial charge in [0.15, 0.2) is 11.5 Å². The van der Waals surface area contributed by atoms with Crippen LogP contribution in [0.4, 0.5) is 0 Å². The summed E-state index contributed by atoms with van der Waals surface area (Å²) in [5.41, 5.74) is 5.43. The third-order valence-corrected chi connectivity index (χ3v) is 1.95. The molecule has 0 spiro atoms. The molecule has 1 atom stereocenters. The van der Waals surface area contributed by atoms with Crippen LogP contribution in [-0.4, -0.2) is 28.4 Å². The van der Waals surface area contributed by atoms with Crippen molar-refractivity contribution < 1.29 is 24.9 Å². The van der Waals surface area contributed by atoms with Gasteiger partial charge in [0.2, 0.25) is 5.75 Å².